The number of aliphatic hydroxyl groups is 1. The van der Waals surface area contributed by atoms with Crippen molar-refractivity contribution < 1.29 is 23.0 Å². The van der Waals surface area contributed by atoms with Gasteiger partial charge in [-0.1, -0.05) is 12.1 Å². The molecule has 0 radical (unpaired) electrons. The van der Waals surface area contributed by atoms with E-state index in [0.29, 0.717) is 5.56 Å². The molecule has 0 heterocycles. The molecular weight excluding hydrogens is 299 g/mol. The second kappa shape index (κ2) is 6.87. The minimum atomic E-state index is -4.74. The van der Waals surface area contributed by atoms with Crippen LogP contribution in [-0.4, -0.2) is 29.5 Å². The molecule has 0 amide bonds. The van der Waals surface area contributed by atoms with E-state index in [4.69, 9.17) is 5.73 Å². The number of nitrogens with two attached hydrogens (primary N) is 1. The minimum Gasteiger partial charge on any atom is -0.406 e. The molecule has 0 bridgehead atoms. The maximum absolute atomic E-state index is 12.0. The molecule has 124 valence electrons. The van der Waals surface area contributed by atoms with Gasteiger partial charge in [0.25, 0.3) is 0 Å². The summed E-state index contributed by atoms with van der Waals surface area (Å²) in [7, 11) is 0. The highest BCUT2D eigenvalue weighted by molar-refractivity contribution is 5.78. The van der Waals surface area contributed by atoms with Crippen LogP contribution >= 0.6 is 0 Å². The minimum absolute atomic E-state index is 0.00557. The first kappa shape index (κ1) is 18.1. The van der Waals surface area contributed by atoms with Crippen LogP contribution in [0.2, 0.25) is 0 Å². The van der Waals surface area contributed by atoms with Crippen molar-refractivity contribution >= 4 is 5.96 Å². The van der Waals surface area contributed by atoms with Crippen LogP contribution in [0.5, 0.6) is 5.75 Å². The van der Waals surface area contributed by atoms with E-state index in [0.717, 1.165) is 12.1 Å². The third-order valence-corrected chi connectivity index (χ3v) is 2.44. The molecule has 0 saturated heterocycles. The molecule has 4 N–H and O–H groups in total. The van der Waals surface area contributed by atoms with Crippen molar-refractivity contribution in [3.63, 3.8) is 0 Å². The van der Waals surface area contributed by atoms with Crippen LogP contribution in [-0.2, 0) is 0 Å². The predicted octanol–water partition coefficient (Wildman–Crippen LogP) is 2.32. The fourth-order valence-electron chi connectivity index (χ4n) is 1.61. The third-order valence-electron chi connectivity index (χ3n) is 2.44. The lowest BCUT2D eigenvalue weighted by molar-refractivity contribution is -0.274. The molecule has 1 unspecified atom stereocenters. The lowest BCUT2D eigenvalue weighted by Gasteiger charge is -2.21. The maximum atomic E-state index is 12.0. The van der Waals surface area contributed by atoms with Gasteiger partial charge < -0.3 is 20.9 Å². The topological polar surface area (TPSA) is 79.9 Å². The Morgan fingerprint density at radius 2 is 1.82 bits per heavy atom. The zero-order valence-corrected chi connectivity index (χ0v) is 12.6. The van der Waals surface area contributed by atoms with Crippen molar-refractivity contribution in [1.82, 2.24) is 5.32 Å². The van der Waals surface area contributed by atoms with E-state index < -0.39 is 12.5 Å². The number of aliphatic imine (C=N–C) groups is 1. The first-order valence-corrected chi connectivity index (χ1v) is 6.58. The molecule has 1 rings (SSSR count). The molecule has 0 aliphatic carbocycles. The number of rotatable bonds is 4. The van der Waals surface area contributed by atoms with Crippen molar-refractivity contribution in [2.45, 2.75) is 38.8 Å². The average Bonchev–Trinajstić information content (AvgIpc) is 2.33. The Balaban J connectivity index is 2.63. The summed E-state index contributed by atoms with van der Waals surface area (Å²) < 4.78 is 39.9. The van der Waals surface area contributed by atoms with Crippen LogP contribution in [0.15, 0.2) is 29.3 Å². The van der Waals surface area contributed by atoms with Gasteiger partial charge in [-0.05, 0) is 38.5 Å². The number of benzene rings is 1. The lowest BCUT2D eigenvalue weighted by atomic mass is 10.1. The summed E-state index contributed by atoms with van der Waals surface area (Å²) in [6.45, 7) is 5.72. The van der Waals surface area contributed by atoms with Gasteiger partial charge in [0, 0.05) is 5.54 Å². The predicted molar refractivity (Wildman–Crippen MR) is 77.5 cm³/mol. The zero-order valence-electron chi connectivity index (χ0n) is 12.6. The number of aliphatic hydroxyl groups excluding tert-OH is 1. The highest BCUT2D eigenvalue weighted by Gasteiger charge is 2.31. The van der Waals surface area contributed by atoms with Crippen LogP contribution in [0.4, 0.5) is 13.2 Å². The van der Waals surface area contributed by atoms with Crippen LogP contribution in [0.3, 0.4) is 0 Å². The number of hydrogen-bond donors (Lipinski definition) is 3. The quantitative estimate of drug-likeness (QED) is 0.588. The summed E-state index contributed by atoms with van der Waals surface area (Å²) >= 11 is 0. The molecule has 0 aliphatic rings. The van der Waals surface area contributed by atoms with E-state index in [1.807, 2.05) is 20.8 Å². The molecule has 0 aromatic heterocycles. The molecule has 0 fully saturated rings. The smallest absolute Gasteiger partial charge is 0.406 e. The van der Waals surface area contributed by atoms with Crippen LogP contribution in [0, 0.1) is 0 Å². The number of guanidine groups is 1. The van der Waals surface area contributed by atoms with E-state index in [-0.39, 0.29) is 23.8 Å². The third kappa shape index (κ3) is 7.16. The van der Waals surface area contributed by atoms with Gasteiger partial charge in [-0.2, -0.15) is 0 Å². The first-order chi connectivity index (χ1) is 9.96. The Kier molecular flexibility index (Phi) is 5.65. The molecule has 0 spiro atoms. The summed E-state index contributed by atoms with van der Waals surface area (Å²) in [5.74, 6) is -0.163. The molecule has 0 saturated carbocycles. The molecule has 1 aromatic carbocycles. The van der Waals surface area contributed by atoms with Crippen molar-refractivity contribution in [2.24, 2.45) is 10.7 Å². The largest absolute Gasteiger partial charge is 0.573 e. The number of hydrogen-bond acceptors (Lipinski definition) is 3. The Morgan fingerprint density at radius 1 is 1.27 bits per heavy atom. The fourth-order valence-corrected chi connectivity index (χ4v) is 1.61. The Hall–Kier alpha value is -1.96. The second-order valence-corrected chi connectivity index (χ2v) is 5.73. The summed E-state index contributed by atoms with van der Waals surface area (Å²) in [6, 6.07) is 4.95. The lowest BCUT2D eigenvalue weighted by Crippen LogP contribution is -2.45. The zero-order chi connectivity index (χ0) is 17.0. The second-order valence-electron chi connectivity index (χ2n) is 5.73. The number of ether oxygens (including phenoxy) is 1. The molecule has 5 nitrogen and oxygen atoms in total. The Bertz CT molecular complexity index is 508. The van der Waals surface area contributed by atoms with Crippen LogP contribution < -0.4 is 15.8 Å². The monoisotopic (exact) mass is 319 g/mol. The standard InChI is InChI=1S/C14H20F3N3O2/c1-13(2,3)20-12(18)19-8-11(21)9-4-6-10(7-5-9)22-14(15,16)17/h4-7,11,21H,8H2,1-3H3,(H3,18,19,20). The van der Waals surface area contributed by atoms with Gasteiger partial charge in [-0.15, -0.1) is 13.2 Å². The highest BCUT2D eigenvalue weighted by atomic mass is 19.4. The van der Waals surface area contributed by atoms with E-state index in [1.54, 1.807) is 0 Å². The average molecular weight is 319 g/mol. The van der Waals surface area contributed by atoms with E-state index >= 15 is 0 Å². The summed E-state index contributed by atoms with van der Waals surface area (Å²) in [5, 5.41) is 12.9. The van der Waals surface area contributed by atoms with Crippen LogP contribution in [0.25, 0.3) is 0 Å². The maximum Gasteiger partial charge on any atom is 0.573 e. The van der Waals surface area contributed by atoms with Gasteiger partial charge in [-0.3, -0.25) is 4.99 Å². The summed E-state index contributed by atoms with van der Waals surface area (Å²) in [5.41, 5.74) is 5.83. The number of nitrogens with zero attached hydrogens (tertiary/aromatic N) is 1. The summed E-state index contributed by atoms with van der Waals surface area (Å²) in [4.78, 5) is 3.99. The van der Waals surface area contributed by atoms with Gasteiger partial charge in [-0.25, -0.2) is 0 Å². The number of nitrogens with one attached hydrogen (secondary N) is 1. The Morgan fingerprint density at radius 3 is 2.27 bits per heavy atom. The molecular formula is C14H20F3N3O2. The molecule has 1 aromatic rings. The normalized spacial score (nSPS) is 14.6. The van der Waals surface area contributed by atoms with Crippen molar-refractivity contribution in [2.75, 3.05) is 6.54 Å². The van der Waals surface area contributed by atoms with E-state index in [9.17, 15) is 18.3 Å². The van der Waals surface area contributed by atoms with Crippen LogP contribution in [0.1, 0.15) is 32.4 Å². The highest BCUT2D eigenvalue weighted by Crippen LogP contribution is 2.24. The molecule has 0 aliphatic heterocycles. The van der Waals surface area contributed by atoms with Crippen molar-refractivity contribution in [3.8, 4) is 5.75 Å². The first-order valence-electron chi connectivity index (χ1n) is 6.58. The molecule has 8 heteroatoms. The van der Waals surface area contributed by atoms with Gasteiger partial charge in [0.05, 0.1) is 12.6 Å². The van der Waals surface area contributed by atoms with Gasteiger partial charge in [0.2, 0.25) is 0 Å². The van der Waals surface area contributed by atoms with Gasteiger partial charge in [0.1, 0.15) is 5.75 Å². The number of halogens is 3. The van der Waals surface area contributed by atoms with E-state index in [1.165, 1.54) is 12.1 Å². The van der Waals surface area contributed by atoms with Gasteiger partial charge >= 0.3 is 6.36 Å². The summed E-state index contributed by atoms with van der Waals surface area (Å²) in [6.07, 6.45) is -5.71. The molecule has 22 heavy (non-hydrogen) atoms. The molecule has 1 atom stereocenters. The SMILES string of the molecule is CC(C)(C)NC(N)=NCC(O)c1ccc(OC(F)(F)F)cc1. The van der Waals surface area contributed by atoms with Crippen molar-refractivity contribution in [1.29, 1.82) is 0 Å². The number of alkyl halides is 3. The fraction of sp³-hybridized carbons (Fsp3) is 0.500. The van der Waals surface area contributed by atoms with Gasteiger partial charge in [0.15, 0.2) is 5.96 Å². The van der Waals surface area contributed by atoms with Crippen molar-refractivity contribution in [3.05, 3.63) is 29.8 Å². The van der Waals surface area contributed by atoms with E-state index in [2.05, 4.69) is 15.0 Å². The Labute approximate surface area is 127 Å².